The lowest BCUT2D eigenvalue weighted by molar-refractivity contribution is 0.0664. The van der Waals surface area contributed by atoms with Crippen LogP contribution < -0.4 is 5.73 Å². The van der Waals surface area contributed by atoms with E-state index in [0.29, 0.717) is 11.1 Å². The Balaban J connectivity index is 1.56. The van der Waals surface area contributed by atoms with E-state index in [1.165, 1.54) is 0 Å². The third-order valence-electron chi connectivity index (χ3n) is 7.07. The van der Waals surface area contributed by atoms with Gasteiger partial charge in [0.2, 0.25) is 5.91 Å². The summed E-state index contributed by atoms with van der Waals surface area (Å²) in [6.07, 6.45) is 1.55. The first-order valence-electron chi connectivity index (χ1n) is 12.1. The molecule has 36 heavy (non-hydrogen) atoms. The average Bonchev–Trinajstić information content (AvgIpc) is 2.89. The number of likely N-dealkylation sites (N-methyl/N-ethyl adjacent to an activating group) is 1. The van der Waals surface area contributed by atoms with Crippen molar-refractivity contribution in [2.75, 3.05) is 33.2 Å². The second kappa shape index (κ2) is 9.51. The van der Waals surface area contributed by atoms with Crippen molar-refractivity contribution in [2.24, 2.45) is 5.73 Å². The molecule has 0 atom stereocenters. The van der Waals surface area contributed by atoms with Gasteiger partial charge in [-0.3, -0.25) is 9.59 Å². The van der Waals surface area contributed by atoms with Gasteiger partial charge in [-0.2, -0.15) is 0 Å². The summed E-state index contributed by atoms with van der Waals surface area (Å²) in [5.41, 5.74) is 13.0. The molecular formula is C29H29N5O2. The number of aromatic nitrogens is 2. The predicted molar refractivity (Wildman–Crippen MR) is 142 cm³/mol. The summed E-state index contributed by atoms with van der Waals surface area (Å²) in [4.78, 5) is 38.4. The number of piperazine rings is 1. The van der Waals surface area contributed by atoms with Crippen LogP contribution in [0.25, 0.3) is 33.3 Å². The largest absolute Gasteiger partial charge is 0.366 e. The number of carbonyl (C=O) groups is 2. The molecule has 0 radical (unpaired) electrons. The lowest BCUT2D eigenvalue weighted by Crippen LogP contribution is -2.47. The van der Waals surface area contributed by atoms with E-state index in [0.717, 1.165) is 70.6 Å². The van der Waals surface area contributed by atoms with E-state index >= 15 is 0 Å². The molecule has 0 spiro atoms. The van der Waals surface area contributed by atoms with Crippen LogP contribution in [0.5, 0.6) is 0 Å². The predicted octanol–water partition coefficient (Wildman–Crippen LogP) is 4.07. The van der Waals surface area contributed by atoms with Gasteiger partial charge >= 0.3 is 0 Å². The number of nitrogens with zero attached hydrogens (tertiary/aromatic N) is 4. The minimum atomic E-state index is -0.441. The van der Waals surface area contributed by atoms with Gasteiger partial charge in [0, 0.05) is 48.3 Å². The van der Waals surface area contributed by atoms with Crippen LogP contribution in [-0.4, -0.2) is 64.8 Å². The Bertz CT molecular complexity index is 1490. The van der Waals surface area contributed by atoms with Crippen molar-refractivity contribution in [3.8, 4) is 22.4 Å². The van der Waals surface area contributed by atoms with Gasteiger partial charge in [0.1, 0.15) is 6.33 Å². The molecule has 1 saturated heterocycles. The quantitative estimate of drug-likeness (QED) is 0.476. The number of carbonyl (C=O) groups excluding carboxylic acids is 2. The van der Waals surface area contributed by atoms with Crippen molar-refractivity contribution in [3.63, 3.8) is 0 Å². The highest BCUT2D eigenvalue weighted by Crippen LogP contribution is 2.32. The third kappa shape index (κ3) is 4.45. The number of hydrogen-bond acceptors (Lipinski definition) is 5. The topological polar surface area (TPSA) is 92.4 Å². The number of benzene rings is 3. The van der Waals surface area contributed by atoms with Gasteiger partial charge in [-0.15, -0.1) is 0 Å². The van der Waals surface area contributed by atoms with E-state index in [4.69, 9.17) is 5.73 Å². The Hall–Kier alpha value is -4.10. The third-order valence-corrected chi connectivity index (χ3v) is 7.07. The van der Waals surface area contributed by atoms with Crippen LogP contribution in [0.1, 0.15) is 31.8 Å². The first-order chi connectivity index (χ1) is 17.3. The second-order valence-corrected chi connectivity index (χ2v) is 9.46. The van der Waals surface area contributed by atoms with Crippen LogP contribution in [0.2, 0.25) is 0 Å². The Kier molecular flexibility index (Phi) is 6.24. The maximum atomic E-state index is 13.2. The Labute approximate surface area is 210 Å². The Morgan fingerprint density at radius 2 is 1.64 bits per heavy atom. The van der Waals surface area contributed by atoms with Gasteiger partial charge in [0.15, 0.2) is 0 Å². The highest BCUT2D eigenvalue weighted by molar-refractivity contribution is 6.00. The van der Waals surface area contributed by atoms with E-state index in [9.17, 15) is 9.59 Å². The molecule has 4 aromatic rings. The fourth-order valence-corrected chi connectivity index (χ4v) is 4.74. The van der Waals surface area contributed by atoms with Crippen molar-refractivity contribution in [2.45, 2.75) is 13.8 Å². The number of fused-ring (bicyclic) bond motifs is 1. The summed E-state index contributed by atoms with van der Waals surface area (Å²) in [5, 5.41) is 0.873. The Morgan fingerprint density at radius 3 is 2.39 bits per heavy atom. The smallest absolute Gasteiger partial charge is 0.253 e. The lowest BCUT2D eigenvalue weighted by Gasteiger charge is -2.32. The summed E-state index contributed by atoms with van der Waals surface area (Å²) in [5.74, 6) is -0.401. The van der Waals surface area contributed by atoms with E-state index in [1.807, 2.05) is 67.3 Å². The molecule has 7 heteroatoms. The molecule has 0 aliphatic carbocycles. The van der Waals surface area contributed by atoms with Crippen LogP contribution >= 0.6 is 0 Å². The number of nitrogens with two attached hydrogens (primary N) is 1. The van der Waals surface area contributed by atoms with Gasteiger partial charge < -0.3 is 15.5 Å². The fourth-order valence-electron chi connectivity index (χ4n) is 4.74. The minimum Gasteiger partial charge on any atom is -0.366 e. The lowest BCUT2D eigenvalue weighted by atomic mass is 9.94. The van der Waals surface area contributed by atoms with Gasteiger partial charge in [0.05, 0.1) is 11.2 Å². The SMILES string of the molecule is Cc1cc(-c2ccc3ncnc(-c4cccc(C(=O)N5CCN(C)CC5)c4)c3c2)cc(C(N)=O)c1C. The molecule has 0 saturated carbocycles. The molecule has 2 amide bonds. The molecule has 1 aromatic heterocycles. The zero-order chi connectivity index (χ0) is 25.4. The van der Waals surface area contributed by atoms with Crippen molar-refractivity contribution in [1.29, 1.82) is 0 Å². The molecule has 1 fully saturated rings. The summed E-state index contributed by atoms with van der Waals surface area (Å²) >= 11 is 0. The maximum Gasteiger partial charge on any atom is 0.253 e. The maximum absolute atomic E-state index is 13.2. The molecule has 5 rings (SSSR count). The van der Waals surface area contributed by atoms with E-state index in [2.05, 4.69) is 28.0 Å². The average molecular weight is 480 g/mol. The number of rotatable bonds is 4. The van der Waals surface area contributed by atoms with Crippen LogP contribution in [0, 0.1) is 13.8 Å². The van der Waals surface area contributed by atoms with Crippen LogP contribution in [0.4, 0.5) is 0 Å². The summed E-state index contributed by atoms with van der Waals surface area (Å²) < 4.78 is 0. The van der Waals surface area contributed by atoms with Crippen molar-refractivity contribution >= 4 is 22.7 Å². The van der Waals surface area contributed by atoms with Crippen LogP contribution in [0.15, 0.2) is 60.9 Å². The van der Waals surface area contributed by atoms with Crippen molar-refractivity contribution < 1.29 is 9.59 Å². The molecule has 1 aliphatic heterocycles. The number of amides is 2. The second-order valence-electron chi connectivity index (χ2n) is 9.46. The van der Waals surface area contributed by atoms with Gasteiger partial charge in [0.25, 0.3) is 5.91 Å². The highest BCUT2D eigenvalue weighted by Gasteiger charge is 2.21. The molecule has 1 aliphatic rings. The molecule has 0 bridgehead atoms. The van der Waals surface area contributed by atoms with Crippen LogP contribution in [0.3, 0.4) is 0 Å². The van der Waals surface area contributed by atoms with Gasteiger partial charge in [-0.05, 0) is 73.5 Å². The normalized spacial score (nSPS) is 14.2. The monoisotopic (exact) mass is 479 g/mol. The molecule has 182 valence electrons. The van der Waals surface area contributed by atoms with Gasteiger partial charge in [-0.1, -0.05) is 24.3 Å². The van der Waals surface area contributed by atoms with Crippen LogP contribution in [-0.2, 0) is 0 Å². The summed E-state index contributed by atoms with van der Waals surface area (Å²) in [7, 11) is 2.07. The first-order valence-corrected chi connectivity index (χ1v) is 12.1. The Morgan fingerprint density at radius 1 is 0.861 bits per heavy atom. The van der Waals surface area contributed by atoms with Crippen molar-refractivity contribution in [3.05, 3.63) is 83.2 Å². The summed E-state index contributed by atoms with van der Waals surface area (Å²) in [6, 6.07) is 17.5. The molecule has 3 aromatic carbocycles. The first kappa shape index (κ1) is 23.6. The fraction of sp³-hybridized carbons (Fsp3) is 0.241. The van der Waals surface area contributed by atoms with Crippen molar-refractivity contribution in [1.82, 2.24) is 19.8 Å². The molecule has 0 unspecified atom stereocenters. The zero-order valence-electron chi connectivity index (χ0n) is 20.8. The molecule has 2 heterocycles. The molecular weight excluding hydrogens is 450 g/mol. The molecule has 2 N–H and O–H groups in total. The number of aryl methyl sites for hydroxylation is 1. The standard InChI is InChI=1S/C29H29N5O2/c1-18-13-23(16-24(19(18)2)28(30)35)20-7-8-26-25(15-20)27(32-17-31-26)21-5-4-6-22(14-21)29(36)34-11-9-33(3)10-12-34/h4-8,13-17H,9-12H2,1-3H3,(H2,30,35). The minimum absolute atomic E-state index is 0.0399. The van der Waals surface area contributed by atoms with E-state index < -0.39 is 5.91 Å². The zero-order valence-corrected chi connectivity index (χ0v) is 20.8. The molecule has 7 nitrogen and oxygen atoms in total. The summed E-state index contributed by atoms with van der Waals surface area (Å²) in [6.45, 7) is 7.08. The highest BCUT2D eigenvalue weighted by atomic mass is 16.2. The van der Waals surface area contributed by atoms with E-state index in [-0.39, 0.29) is 5.91 Å². The van der Waals surface area contributed by atoms with Gasteiger partial charge in [-0.25, -0.2) is 9.97 Å². The number of hydrogen-bond donors (Lipinski definition) is 1. The number of primary amides is 1. The van der Waals surface area contributed by atoms with E-state index in [1.54, 1.807) is 6.33 Å².